The number of aromatic nitrogens is 4. The molecule has 0 atom stereocenters. The Morgan fingerprint density at radius 2 is 1.89 bits per heavy atom. The Bertz CT molecular complexity index is 944. The van der Waals surface area contributed by atoms with Crippen LogP contribution >= 0.6 is 11.6 Å². The van der Waals surface area contributed by atoms with E-state index in [1.807, 2.05) is 0 Å². The van der Waals surface area contributed by atoms with Crippen molar-refractivity contribution in [1.82, 2.24) is 20.2 Å². The number of carbonyl (C=O) groups is 1. The molecule has 1 heterocycles. The second-order valence-electron chi connectivity index (χ2n) is 5.24. The Balaban J connectivity index is 1.61. The molecule has 0 unspecified atom stereocenters. The number of halogens is 4. The Morgan fingerprint density at radius 1 is 1.19 bits per heavy atom. The van der Waals surface area contributed by atoms with Crippen LogP contribution in [0.4, 0.5) is 18.9 Å². The molecule has 11 heteroatoms. The molecule has 1 N–H and O–H groups in total. The molecule has 0 bridgehead atoms. The standard InChI is InChI=1S/C16H11ClF3N5O2/c17-16(19,20)27-11-7-5-10(6-8-11)21-14(26)9-25-23-15(22-24-25)12-3-1-2-4-13(12)18/h1-8H,9H2,(H,21,26). The maximum atomic E-state index is 13.7. The van der Waals surface area contributed by atoms with E-state index < -0.39 is 17.3 Å². The zero-order valence-electron chi connectivity index (χ0n) is 13.4. The lowest BCUT2D eigenvalue weighted by molar-refractivity contribution is -0.117. The SMILES string of the molecule is O=C(Cn1nnc(-c2ccccc2F)n1)Nc1ccc(OC(F)(F)Cl)cc1. The van der Waals surface area contributed by atoms with Crippen molar-refractivity contribution in [2.45, 2.75) is 12.1 Å². The summed E-state index contributed by atoms with van der Waals surface area (Å²) in [7, 11) is 0. The first-order valence-corrected chi connectivity index (χ1v) is 7.86. The number of alkyl halides is 3. The quantitative estimate of drug-likeness (QED) is 0.645. The summed E-state index contributed by atoms with van der Waals surface area (Å²) in [6.07, 6.45) is 0. The first kappa shape index (κ1) is 18.6. The summed E-state index contributed by atoms with van der Waals surface area (Å²) >= 11 is 4.67. The number of ether oxygens (including phenoxy) is 1. The van der Waals surface area contributed by atoms with Gasteiger partial charge in [0.1, 0.15) is 18.1 Å². The van der Waals surface area contributed by atoms with Gasteiger partial charge in [0, 0.05) is 17.3 Å². The van der Waals surface area contributed by atoms with Gasteiger partial charge in [-0.15, -0.1) is 19.0 Å². The van der Waals surface area contributed by atoms with Crippen LogP contribution in [0.5, 0.6) is 5.75 Å². The van der Waals surface area contributed by atoms with Gasteiger partial charge in [0.15, 0.2) is 0 Å². The molecule has 2 aromatic carbocycles. The second-order valence-corrected chi connectivity index (χ2v) is 5.68. The summed E-state index contributed by atoms with van der Waals surface area (Å²) in [5, 5.41) is 13.9. The number of benzene rings is 2. The van der Waals surface area contributed by atoms with Crippen LogP contribution in [-0.4, -0.2) is 31.7 Å². The van der Waals surface area contributed by atoms with Crippen LogP contribution in [0.2, 0.25) is 0 Å². The molecule has 0 fully saturated rings. The summed E-state index contributed by atoms with van der Waals surface area (Å²) in [4.78, 5) is 13.0. The molecule has 0 spiro atoms. The predicted molar refractivity (Wildman–Crippen MR) is 89.7 cm³/mol. The number of nitrogens with zero attached hydrogens (tertiary/aromatic N) is 4. The molecule has 3 aromatic rings. The molecule has 27 heavy (non-hydrogen) atoms. The van der Waals surface area contributed by atoms with Gasteiger partial charge in [-0.3, -0.25) is 4.79 Å². The topological polar surface area (TPSA) is 81.9 Å². The average Bonchev–Trinajstić information content (AvgIpc) is 3.04. The van der Waals surface area contributed by atoms with E-state index in [0.29, 0.717) is 5.69 Å². The molecule has 0 saturated heterocycles. The zero-order valence-corrected chi connectivity index (χ0v) is 14.2. The molecule has 0 aliphatic heterocycles. The summed E-state index contributed by atoms with van der Waals surface area (Å²) in [5.74, 6) is -1.12. The third-order valence-electron chi connectivity index (χ3n) is 3.22. The number of tetrazole rings is 1. The molecular weight excluding hydrogens is 387 g/mol. The number of carbonyl (C=O) groups excluding carboxylic acids is 1. The van der Waals surface area contributed by atoms with Crippen molar-refractivity contribution in [3.63, 3.8) is 0 Å². The van der Waals surface area contributed by atoms with E-state index in [0.717, 1.165) is 4.80 Å². The highest BCUT2D eigenvalue weighted by Crippen LogP contribution is 2.26. The first-order chi connectivity index (χ1) is 12.8. The Kier molecular flexibility index (Phi) is 5.26. The van der Waals surface area contributed by atoms with E-state index in [-0.39, 0.29) is 23.7 Å². The van der Waals surface area contributed by atoms with Crippen LogP contribution in [0.15, 0.2) is 48.5 Å². The van der Waals surface area contributed by atoms with Crippen LogP contribution in [0.3, 0.4) is 0 Å². The van der Waals surface area contributed by atoms with Crippen molar-refractivity contribution in [3.05, 3.63) is 54.3 Å². The molecule has 1 aromatic heterocycles. The number of hydrogen-bond acceptors (Lipinski definition) is 5. The summed E-state index contributed by atoms with van der Waals surface area (Å²) in [5.41, 5.74) is -3.32. The van der Waals surface area contributed by atoms with Gasteiger partial charge in [-0.25, -0.2) is 4.39 Å². The van der Waals surface area contributed by atoms with Crippen molar-refractivity contribution in [1.29, 1.82) is 0 Å². The van der Waals surface area contributed by atoms with Crippen LogP contribution in [0.25, 0.3) is 11.4 Å². The molecule has 0 saturated carbocycles. The van der Waals surface area contributed by atoms with E-state index in [4.69, 9.17) is 0 Å². The van der Waals surface area contributed by atoms with Gasteiger partial charge < -0.3 is 10.1 Å². The lowest BCUT2D eigenvalue weighted by Gasteiger charge is -2.11. The Hall–Kier alpha value is -3.14. The van der Waals surface area contributed by atoms with Gasteiger partial charge in [0.05, 0.1) is 5.56 Å². The highest BCUT2D eigenvalue weighted by molar-refractivity contribution is 6.20. The van der Waals surface area contributed by atoms with Gasteiger partial charge in [0.2, 0.25) is 11.7 Å². The lowest BCUT2D eigenvalue weighted by atomic mass is 10.2. The highest BCUT2D eigenvalue weighted by atomic mass is 35.5. The summed E-state index contributed by atoms with van der Waals surface area (Å²) in [6.45, 7) is -0.278. The summed E-state index contributed by atoms with van der Waals surface area (Å²) < 4.78 is 43.0. The number of anilines is 1. The smallest absolute Gasteiger partial charge is 0.420 e. The van der Waals surface area contributed by atoms with Crippen LogP contribution < -0.4 is 10.1 Å². The van der Waals surface area contributed by atoms with Gasteiger partial charge in [-0.2, -0.15) is 4.80 Å². The molecule has 0 aliphatic carbocycles. The molecule has 7 nitrogen and oxygen atoms in total. The number of amides is 1. The summed E-state index contributed by atoms with van der Waals surface area (Å²) in [6, 6.07) is 11.1. The third kappa shape index (κ3) is 5.17. The molecule has 140 valence electrons. The minimum Gasteiger partial charge on any atom is -0.420 e. The molecular formula is C16H11ClF3N5O2. The van der Waals surface area contributed by atoms with Gasteiger partial charge >= 0.3 is 5.57 Å². The molecule has 1 amide bonds. The van der Waals surface area contributed by atoms with Crippen LogP contribution in [-0.2, 0) is 11.3 Å². The lowest BCUT2D eigenvalue weighted by Crippen LogP contribution is -2.20. The fraction of sp³-hybridized carbons (Fsp3) is 0.125. The fourth-order valence-corrected chi connectivity index (χ4v) is 2.22. The molecule has 0 radical (unpaired) electrons. The first-order valence-electron chi connectivity index (χ1n) is 7.48. The third-order valence-corrected chi connectivity index (χ3v) is 3.30. The Morgan fingerprint density at radius 3 is 2.56 bits per heavy atom. The van der Waals surface area contributed by atoms with Crippen molar-refractivity contribution < 1.29 is 22.7 Å². The fourth-order valence-electron chi connectivity index (χ4n) is 2.13. The molecule has 0 aliphatic rings. The van der Waals surface area contributed by atoms with Gasteiger partial charge in [0.25, 0.3) is 0 Å². The Labute approximate surface area is 155 Å². The van der Waals surface area contributed by atoms with Gasteiger partial charge in [-0.1, -0.05) is 12.1 Å². The van der Waals surface area contributed by atoms with E-state index in [2.05, 4.69) is 37.1 Å². The average molecular weight is 398 g/mol. The van der Waals surface area contributed by atoms with Crippen LogP contribution in [0.1, 0.15) is 0 Å². The zero-order chi connectivity index (χ0) is 19.4. The maximum absolute atomic E-state index is 13.7. The minimum atomic E-state index is -3.82. The van der Waals surface area contributed by atoms with E-state index in [9.17, 15) is 18.0 Å². The van der Waals surface area contributed by atoms with E-state index in [1.54, 1.807) is 6.07 Å². The molecule has 3 rings (SSSR count). The number of hydrogen-bond donors (Lipinski definition) is 1. The highest BCUT2D eigenvalue weighted by Gasteiger charge is 2.27. The monoisotopic (exact) mass is 397 g/mol. The van der Waals surface area contributed by atoms with Crippen molar-refractivity contribution >= 4 is 23.2 Å². The second kappa shape index (κ2) is 7.62. The van der Waals surface area contributed by atoms with Gasteiger partial charge in [-0.05, 0) is 41.6 Å². The number of nitrogens with one attached hydrogen (secondary N) is 1. The van der Waals surface area contributed by atoms with Crippen molar-refractivity contribution in [2.24, 2.45) is 0 Å². The van der Waals surface area contributed by atoms with E-state index >= 15 is 0 Å². The normalized spacial score (nSPS) is 11.3. The maximum Gasteiger partial charge on any atom is 0.487 e. The van der Waals surface area contributed by atoms with E-state index in [1.165, 1.54) is 42.5 Å². The largest absolute Gasteiger partial charge is 0.487 e. The number of rotatable bonds is 6. The minimum absolute atomic E-state index is 0.0457. The predicted octanol–water partition coefficient (Wildman–Crippen LogP) is 3.29. The van der Waals surface area contributed by atoms with Crippen molar-refractivity contribution in [3.8, 4) is 17.1 Å². The van der Waals surface area contributed by atoms with Crippen LogP contribution in [0, 0.1) is 5.82 Å². The van der Waals surface area contributed by atoms with Crippen molar-refractivity contribution in [2.75, 3.05) is 5.32 Å².